The zero-order chi connectivity index (χ0) is 16.5. The van der Waals surface area contributed by atoms with Crippen LogP contribution in [-0.4, -0.2) is 30.7 Å². The molecule has 0 spiro atoms. The first-order valence-electron chi connectivity index (χ1n) is 7.60. The molecule has 0 aliphatic heterocycles. The minimum Gasteiger partial charge on any atom is -0.385 e. The average Bonchev–Trinajstić information content (AvgIpc) is 2.76. The van der Waals surface area contributed by atoms with Crippen LogP contribution >= 0.6 is 0 Å². The molecule has 1 aromatic heterocycles. The summed E-state index contributed by atoms with van der Waals surface area (Å²) in [6.45, 7) is 8.21. The first kappa shape index (κ1) is 18.0. The molecule has 1 aromatic rings. The fourth-order valence-corrected chi connectivity index (χ4v) is 2.36. The number of nitrogens with zero attached hydrogens (tertiary/aromatic N) is 2. The highest BCUT2D eigenvalue weighted by Crippen LogP contribution is 2.18. The van der Waals surface area contributed by atoms with E-state index in [-0.39, 0.29) is 11.5 Å². The van der Waals surface area contributed by atoms with Gasteiger partial charge in [0, 0.05) is 38.2 Å². The van der Waals surface area contributed by atoms with E-state index < -0.39 is 0 Å². The fourth-order valence-electron chi connectivity index (χ4n) is 2.36. The van der Waals surface area contributed by atoms with Crippen molar-refractivity contribution in [3.05, 3.63) is 28.6 Å². The van der Waals surface area contributed by atoms with Gasteiger partial charge in [-0.2, -0.15) is 5.26 Å². The smallest absolute Gasteiger partial charge is 0.261 e. The minimum absolute atomic E-state index is 0.133. The Bertz CT molecular complexity index is 579. The third-order valence-electron chi connectivity index (χ3n) is 3.54. The third-order valence-corrected chi connectivity index (χ3v) is 3.54. The van der Waals surface area contributed by atoms with Gasteiger partial charge in [0.2, 0.25) is 0 Å². The Morgan fingerprint density at radius 2 is 2.23 bits per heavy atom. The number of ether oxygens (including phenoxy) is 1. The van der Waals surface area contributed by atoms with Gasteiger partial charge in [0.05, 0.1) is 0 Å². The van der Waals surface area contributed by atoms with Crippen LogP contribution in [0.5, 0.6) is 0 Å². The lowest BCUT2D eigenvalue weighted by Crippen LogP contribution is -2.26. The van der Waals surface area contributed by atoms with Crippen molar-refractivity contribution in [3.63, 3.8) is 0 Å². The number of aryl methyl sites for hydroxylation is 1. The Kier molecular flexibility index (Phi) is 7.41. The SMILES string of the molecule is CCCn1c(C)cc(/C=C(/C#N)C(=O)NCCCOC)c1C. The summed E-state index contributed by atoms with van der Waals surface area (Å²) < 4.78 is 7.13. The minimum atomic E-state index is -0.334. The summed E-state index contributed by atoms with van der Waals surface area (Å²) in [6, 6.07) is 4.00. The van der Waals surface area contributed by atoms with Crippen molar-refractivity contribution in [1.82, 2.24) is 9.88 Å². The van der Waals surface area contributed by atoms with Crippen LogP contribution in [0.25, 0.3) is 6.08 Å². The number of nitrogens with one attached hydrogen (secondary N) is 1. The molecule has 0 saturated carbocycles. The first-order chi connectivity index (χ1) is 10.5. The van der Waals surface area contributed by atoms with E-state index in [9.17, 15) is 10.1 Å². The second-order valence-corrected chi connectivity index (χ2v) is 5.25. The maximum Gasteiger partial charge on any atom is 0.261 e. The molecular formula is C17H25N3O2. The molecule has 0 unspecified atom stereocenters. The third kappa shape index (κ3) is 4.74. The summed E-state index contributed by atoms with van der Waals surface area (Å²) in [5, 5.41) is 12.0. The molecular weight excluding hydrogens is 278 g/mol. The summed E-state index contributed by atoms with van der Waals surface area (Å²) in [4.78, 5) is 12.0. The van der Waals surface area contributed by atoms with Gasteiger partial charge in [-0.1, -0.05) is 6.92 Å². The Balaban J connectivity index is 2.86. The van der Waals surface area contributed by atoms with Crippen molar-refractivity contribution >= 4 is 12.0 Å². The van der Waals surface area contributed by atoms with Crippen LogP contribution in [0.4, 0.5) is 0 Å². The van der Waals surface area contributed by atoms with Gasteiger partial charge in [0.15, 0.2) is 0 Å². The lowest BCUT2D eigenvalue weighted by molar-refractivity contribution is -0.117. The van der Waals surface area contributed by atoms with Crippen LogP contribution in [0.15, 0.2) is 11.6 Å². The van der Waals surface area contributed by atoms with Crippen LogP contribution in [0.2, 0.25) is 0 Å². The van der Waals surface area contributed by atoms with Gasteiger partial charge in [0.25, 0.3) is 5.91 Å². The van der Waals surface area contributed by atoms with E-state index in [1.165, 1.54) is 0 Å². The second kappa shape index (κ2) is 9.06. The molecule has 5 heteroatoms. The number of amides is 1. The normalized spacial score (nSPS) is 11.3. The summed E-state index contributed by atoms with van der Waals surface area (Å²) >= 11 is 0. The van der Waals surface area contributed by atoms with Crippen LogP contribution in [0.1, 0.15) is 36.7 Å². The van der Waals surface area contributed by atoms with Gasteiger partial charge in [-0.15, -0.1) is 0 Å². The molecule has 0 fully saturated rings. The summed E-state index contributed by atoms with van der Waals surface area (Å²) in [6.07, 6.45) is 3.44. The highest BCUT2D eigenvalue weighted by molar-refractivity contribution is 6.01. The van der Waals surface area contributed by atoms with Gasteiger partial charge in [-0.05, 0) is 44.4 Å². The van der Waals surface area contributed by atoms with Crippen LogP contribution < -0.4 is 5.32 Å². The highest BCUT2D eigenvalue weighted by atomic mass is 16.5. The Hall–Kier alpha value is -2.06. The predicted octanol–water partition coefficient (Wildman–Crippen LogP) is 2.57. The zero-order valence-corrected chi connectivity index (χ0v) is 13.9. The number of nitriles is 1. The molecule has 0 aliphatic carbocycles. The predicted molar refractivity (Wildman–Crippen MR) is 87.3 cm³/mol. The topological polar surface area (TPSA) is 67.0 Å². The molecule has 0 aliphatic rings. The van der Waals surface area contributed by atoms with Gasteiger partial charge in [-0.25, -0.2) is 0 Å². The maximum absolute atomic E-state index is 12.0. The largest absolute Gasteiger partial charge is 0.385 e. The maximum atomic E-state index is 12.0. The van der Waals surface area contributed by atoms with Crippen LogP contribution in [0.3, 0.4) is 0 Å². The average molecular weight is 303 g/mol. The van der Waals surface area contributed by atoms with Gasteiger partial charge in [-0.3, -0.25) is 4.79 Å². The molecule has 1 N–H and O–H groups in total. The molecule has 0 aromatic carbocycles. The monoisotopic (exact) mass is 303 g/mol. The summed E-state index contributed by atoms with van der Waals surface area (Å²) in [5.41, 5.74) is 3.28. The number of hydrogen-bond acceptors (Lipinski definition) is 3. The molecule has 1 amide bonds. The molecule has 1 heterocycles. The molecule has 22 heavy (non-hydrogen) atoms. The van der Waals surface area contributed by atoms with Crippen LogP contribution in [0, 0.1) is 25.2 Å². The molecule has 0 atom stereocenters. The molecule has 0 radical (unpaired) electrons. The number of methoxy groups -OCH3 is 1. The number of carbonyl (C=O) groups excluding carboxylic acids is 1. The van der Waals surface area contributed by atoms with E-state index >= 15 is 0 Å². The molecule has 0 bridgehead atoms. The number of aromatic nitrogens is 1. The molecule has 120 valence electrons. The fraction of sp³-hybridized carbons (Fsp3) is 0.529. The van der Waals surface area contributed by atoms with Crippen molar-refractivity contribution in [2.24, 2.45) is 0 Å². The standard InChI is InChI=1S/C17H25N3O2/c1-5-8-20-13(2)10-15(14(20)3)11-16(12-18)17(21)19-7-6-9-22-4/h10-11H,5-9H2,1-4H3,(H,19,21)/b16-11-. The van der Waals surface area contributed by atoms with Crippen molar-refractivity contribution in [3.8, 4) is 6.07 Å². The van der Waals surface area contributed by atoms with Crippen LogP contribution in [-0.2, 0) is 16.1 Å². The van der Waals surface area contributed by atoms with Gasteiger partial charge in [0.1, 0.15) is 11.6 Å². The Morgan fingerprint density at radius 3 is 2.82 bits per heavy atom. The van der Waals surface area contributed by atoms with Crippen molar-refractivity contribution < 1.29 is 9.53 Å². The summed E-state index contributed by atoms with van der Waals surface area (Å²) in [7, 11) is 1.62. The Morgan fingerprint density at radius 1 is 1.50 bits per heavy atom. The second-order valence-electron chi connectivity index (χ2n) is 5.25. The number of carbonyl (C=O) groups is 1. The van der Waals surface area contributed by atoms with E-state index in [1.807, 2.05) is 26.0 Å². The first-order valence-corrected chi connectivity index (χ1v) is 7.60. The van der Waals surface area contributed by atoms with Crippen molar-refractivity contribution in [1.29, 1.82) is 5.26 Å². The van der Waals surface area contributed by atoms with E-state index in [2.05, 4.69) is 16.8 Å². The van der Waals surface area contributed by atoms with E-state index in [1.54, 1.807) is 13.2 Å². The zero-order valence-electron chi connectivity index (χ0n) is 13.9. The highest BCUT2D eigenvalue weighted by Gasteiger charge is 2.12. The van der Waals surface area contributed by atoms with Gasteiger partial charge >= 0.3 is 0 Å². The molecule has 0 saturated heterocycles. The number of hydrogen-bond donors (Lipinski definition) is 1. The quantitative estimate of drug-likeness (QED) is 0.456. The lowest BCUT2D eigenvalue weighted by atomic mass is 10.1. The van der Waals surface area contributed by atoms with E-state index in [0.717, 1.165) is 36.3 Å². The summed E-state index contributed by atoms with van der Waals surface area (Å²) in [5.74, 6) is -0.334. The van der Waals surface area contributed by atoms with E-state index in [4.69, 9.17) is 4.74 Å². The van der Waals surface area contributed by atoms with Gasteiger partial charge < -0.3 is 14.6 Å². The lowest BCUT2D eigenvalue weighted by Gasteiger charge is -2.07. The number of rotatable bonds is 8. The van der Waals surface area contributed by atoms with Crippen molar-refractivity contribution in [2.75, 3.05) is 20.3 Å². The molecule has 5 nitrogen and oxygen atoms in total. The Labute approximate surface area is 132 Å². The van der Waals surface area contributed by atoms with Crippen molar-refractivity contribution in [2.45, 2.75) is 40.2 Å². The van der Waals surface area contributed by atoms with E-state index in [0.29, 0.717) is 13.2 Å². The molecule has 1 rings (SSSR count).